The Hall–Kier alpha value is -0.940. The number of likely N-dealkylation sites (tertiary alicyclic amines) is 1. The van der Waals surface area contributed by atoms with Crippen molar-refractivity contribution in [1.29, 1.82) is 0 Å². The van der Waals surface area contributed by atoms with Crippen LogP contribution in [0.4, 0.5) is 0 Å². The molecule has 96 valence electrons. The maximum Gasteiger partial charge on any atom is 0.229 e. The minimum absolute atomic E-state index is 0.0394. The molecule has 1 aliphatic heterocycles. The van der Waals surface area contributed by atoms with Gasteiger partial charge in [-0.05, 0) is 25.8 Å². The standard InChI is InChI=1S/C12H20N2O3/c1-13(8-9-6-10(15)7-9)4-5-14-11(16)2-3-12(14)17/h9-10,15H,2-8H2,1H3. The van der Waals surface area contributed by atoms with Gasteiger partial charge < -0.3 is 10.0 Å². The number of carbonyl (C=O) groups is 2. The predicted octanol–water partition coefficient (Wildman–Crippen LogP) is -0.162. The van der Waals surface area contributed by atoms with Gasteiger partial charge in [-0.1, -0.05) is 0 Å². The quantitative estimate of drug-likeness (QED) is 0.678. The van der Waals surface area contributed by atoms with Gasteiger partial charge in [-0.3, -0.25) is 14.5 Å². The molecular weight excluding hydrogens is 220 g/mol. The first kappa shape index (κ1) is 12.5. The Kier molecular flexibility index (Phi) is 3.79. The molecule has 0 unspecified atom stereocenters. The fourth-order valence-corrected chi connectivity index (χ4v) is 2.52. The van der Waals surface area contributed by atoms with Gasteiger partial charge in [0.2, 0.25) is 11.8 Å². The first-order valence-electron chi connectivity index (χ1n) is 6.26. The lowest BCUT2D eigenvalue weighted by molar-refractivity contribution is -0.138. The van der Waals surface area contributed by atoms with E-state index in [1.54, 1.807) is 0 Å². The number of aliphatic hydroxyl groups is 1. The summed E-state index contributed by atoms with van der Waals surface area (Å²) in [7, 11) is 2.00. The van der Waals surface area contributed by atoms with Crippen molar-refractivity contribution in [1.82, 2.24) is 9.80 Å². The molecule has 2 aliphatic rings. The Bertz CT molecular complexity index is 297. The largest absolute Gasteiger partial charge is 0.393 e. The molecule has 0 spiro atoms. The highest BCUT2D eigenvalue weighted by atomic mass is 16.3. The highest BCUT2D eigenvalue weighted by molar-refractivity contribution is 6.01. The summed E-state index contributed by atoms with van der Waals surface area (Å²) in [5.74, 6) is 0.491. The molecule has 2 rings (SSSR count). The zero-order chi connectivity index (χ0) is 12.4. The van der Waals surface area contributed by atoms with Crippen LogP contribution in [0.15, 0.2) is 0 Å². The Balaban J connectivity index is 1.67. The van der Waals surface area contributed by atoms with Gasteiger partial charge in [0.25, 0.3) is 0 Å². The molecule has 1 saturated heterocycles. The molecule has 1 heterocycles. The molecule has 5 nitrogen and oxygen atoms in total. The second kappa shape index (κ2) is 5.14. The maximum atomic E-state index is 11.4. The second-order valence-electron chi connectivity index (χ2n) is 5.19. The van der Waals surface area contributed by atoms with Crippen LogP contribution in [0.2, 0.25) is 0 Å². The van der Waals surface area contributed by atoms with Gasteiger partial charge in [0, 0.05) is 32.5 Å². The van der Waals surface area contributed by atoms with E-state index in [1.165, 1.54) is 4.90 Å². The summed E-state index contributed by atoms with van der Waals surface area (Å²) in [6, 6.07) is 0. The van der Waals surface area contributed by atoms with E-state index in [4.69, 9.17) is 0 Å². The summed E-state index contributed by atoms with van der Waals surface area (Å²) >= 11 is 0. The number of aliphatic hydroxyl groups excluding tert-OH is 1. The highest BCUT2D eigenvalue weighted by Crippen LogP contribution is 2.27. The van der Waals surface area contributed by atoms with E-state index in [-0.39, 0.29) is 17.9 Å². The molecule has 1 saturated carbocycles. The van der Waals surface area contributed by atoms with Gasteiger partial charge in [-0.2, -0.15) is 0 Å². The summed E-state index contributed by atoms with van der Waals surface area (Å²) in [6.45, 7) is 2.17. The molecule has 0 atom stereocenters. The Morgan fingerprint density at radius 3 is 2.41 bits per heavy atom. The molecular formula is C12H20N2O3. The lowest BCUT2D eigenvalue weighted by atomic mass is 9.82. The van der Waals surface area contributed by atoms with E-state index in [9.17, 15) is 14.7 Å². The van der Waals surface area contributed by atoms with Crippen LogP contribution >= 0.6 is 0 Å². The van der Waals surface area contributed by atoms with Crippen molar-refractivity contribution in [2.75, 3.05) is 26.7 Å². The van der Waals surface area contributed by atoms with Crippen LogP contribution in [0.25, 0.3) is 0 Å². The molecule has 1 aliphatic carbocycles. The number of hydrogen-bond donors (Lipinski definition) is 1. The van der Waals surface area contributed by atoms with E-state index in [2.05, 4.69) is 4.90 Å². The normalized spacial score (nSPS) is 29.0. The SMILES string of the molecule is CN(CCN1C(=O)CCC1=O)CC1CC(O)C1. The number of imide groups is 1. The smallest absolute Gasteiger partial charge is 0.229 e. The molecule has 2 amide bonds. The zero-order valence-corrected chi connectivity index (χ0v) is 10.3. The first-order valence-corrected chi connectivity index (χ1v) is 6.26. The molecule has 0 aromatic rings. The minimum Gasteiger partial charge on any atom is -0.393 e. The zero-order valence-electron chi connectivity index (χ0n) is 10.3. The third-order valence-electron chi connectivity index (χ3n) is 3.64. The number of nitrogens with zero attached hydrogens (tertiary/aromatic N) is 2. The monoisotopic (exact) mass is 240 g/mol. The Labute approximate surface area is 101 Å². The van der Waals surface area contributed by atoms with Gasteiger partial charge in [-0.25, -0.2) is 0 Å². The summed E-state index contributed by atoms with van der Waals surface area (Å²) in [6.07, 6.45) is 2.39. The number of amides is 2. The van der Waals surface area contributed by atoms with E-state index in [0.717, 1.165) is 25.9 Å². The molecule has 1 N–H and O–H groups in total. The van der Waals surface area contributed by atoms with Gasteiger partial charge in [-0.15, -0.1) is 0 Å². The van der Waals surface area contributed by atoms with E-state index in [1.807, 2.05) is 7.05 Å². The third kappa shape index (κ3) is 3.04. The Morgan fingerprint density at radius 2 is 1.88 bits per heavy atom. The molecule has 5 heteroatoms. The summed E-state index contributed by atoms with van der Waals surface area (Å²) < 4.78 is 0. The topological polar surface area (TPSA) is 60.9 Å². The Morgan fingerprint density at radius 1 is 1.29 bits per heavy atom. The highest BCUT2D eigenvalue weighted by Gasteiger charge is 2.30. The number of likely N-dealkylation sites (N-methyl/N-ethyl adjacent to an activating group) is 1. The van der Waals surface area contributed by atoms with Crippen LogP contribution < -0.4 is 0 Å². The molecule has 17 heavy (non-hydrogen) atoms. The number of rotatable bonds is 5. The fourth-order valence-electron chi connectivity index (χ4n) is 2.52. The van der Waals surface area contributed by atoms with Crippen LogP contribution in [0.1, 0.15) is 25.7 Å². The molecule has 2 fully saturated rings. The molecule has 0 aromatic carbocycles. The molecule has 0 aromatic heterocycles. The van der Waals surface area contributed by atoms with E-state index in [0.29, 0.717) is 25.3 Å². The van der Waals surface area contributed by atoms with E-state index < -0.39 is 0 Å². The van der Waals surface area contributed by atoms with Crippen LogP contribution in [0.5, 0.6) is 0 Å². The van der Waals surface area contributed by atoms with Crippen molar-refractivity contribution in [2.45, 2.75) is 31.8 Å². The van der Waals surface area contributed by atoms with Gasteiger partial charge in [0.05, 0.1) is 6.10 Å². The van der Waals surface area contributed by atoms with Crippen molar-refractivity contribution in [3.05, 3.63) is 0 Å². The third-order valence-corrected chi connectivity index (χ3v) is 3.64. The van der Waals surface area contributed by atoms with Crippen LogP contribution in [0, 0.1) is 5.92 Å². The average Bonchev–Trinajstić information content (AvgIpc) is 2.54. The van der Waals surface area contributed by atoms with E-state index >= 15 is 0 Å². The lowest BCUT2D eigenvalue weighted by Crippen LogP contribution is -2.41. The van der Waals surface area contributed by atoms with Gasteiger partial charge in [0.1, 0.15) is 0 Å². The lowest BCUT2D eigenvalue weighted by Gasteiger charge is -2.34. The second-order valence-corrected chi connectivity index (χ2v) is 5.19. The van der Waals surface area contributed by atoms with Crippen molar-refractivity contribution < 1.29 is 14.7 Å². The van der Waals surface area contributed by atoms with Crippen LogP contribution in [-0.4, -0.2) is 59.5 Å². The summed E-state index contributed by atoms with van der Waals surface area (Å²) in [5.41, 5.74) is 0. The van der Waals surface area contributed by atoms with Crippen molar-refractivity contribution in [3.8, 4) is 0 Å². The minimum atomic E-state index is -0.116. The summed E-state index contributed by atoms with van der Waals surface area (Å²) in [5, 5.41) is 9.19. The average molecular weight is 240 g/mol. The molecule has 0 bridgehead atoms. The van der Waals surface area contributed by atoms with Crippen LogP contribution in [-0.2, 0) is 9.59 Å². The van der Waals surface area contributed by atoms with Crippen molar-refractivity contribution >= 4 is 11.8 Å². The van der Waals surface area contributed by atoms with Gasteiger partial charge >= 0.3 is 0 Å². The van der Waals surface area contributed by atoms with Gasteiger partial charge in [0.15, 0.2) is 0 Å². The number of hydrogen-bond acceptors (Lipinski definition) is 4. The number of carbonyl (C=O) groups excluding carboxylic acids is 2. The molecule has 0 radical (unpaired) electrons. The van der Waals surface area contributed by atoms with Crippen molar-refractivity contribution in [2.24, 2.45) is 5.92 Å². The maximum absolute atomic E-state index is 11.4. The first-order chi connectivity index (χ1) is 8.06. The van der Waals surface area contributed by atoms with Crippen molar-refractivity contribution in [3.63, 3.8) is 0 Å². The van der Waals surface area contributed by atoms with Crippen LogP contribution in [0.3, 0.4) is 0 Å². The fraction of sp³-hybridized carbons (Fsp3) is 0.833. The summed E-state index contributed by atoms with van der Waals surface area (Å²) in [4.78, 5) is 26.3. The predicted molar refractivity (Wildman–Crippen MR) is 62.2 cm³/mol.